The van der Waals surface area contributed by atoms with E-state index in [0.717, 1.165) is 24.5 Å². The monoisotopic (exact) mass is 229 g/mol. The first-order chi connectivity index (χ1) is 7.02. The summed E-state index contributed by atoms with van der Waals surface area (Å²) in [7, 11) is 0. The minimum absolute atomic E-state index is 0.0645. The van der Waals surface area contributed by atoms with Crippen LogP contribution in [0, 0.1) is 11.8 Å². The SMILES string of the molecule is CC1CCC2(CC1C)N[C@H](C(=O)O)CS2. The van der Waals surface area contributed by atoms with Gasteiger partial charge >= 0.3 is 5.97 Å². The standard InChI is InChI=1S/C11H19NO2S/c1-7-3-4-11(5-8(7)2)12-9(6-15-11)10(13)14/h7-9,12H,3-6H2,1-2H3,(H,13,14)/t7?,8?,9-,11?/m0/s1. The van der Waals surface area contributed by atoms with E-state index in [1.54, 1.807) is 0 Å². The normalized spacial score (nSPS) is 45.9. The number of thioether (sulfide) groups is 1. The largest absolute Gasteiger partial charge is 0.480 e. The third-order valence-corrected chi connectivity index (χ3v) is 5.43. The fourth-order valence-corrected chi connectivity index (χ4v) is 4.19. The molecule has 0 radical (unpaired) electrons. The number of nitrogens with one attached hydrogen (secondary N) is 1. The van der Waals surface area contributed by atoms with Crippen LogP contribution < -0.4 is 5.32 Å². The summed E-state index contributed by atoms with van der Waals surface area (Å²) in [5.41, 5.74) is 0. The van der Waals surface area contributed by atoms with Crippen LogP contribution in [0.4, 0.5) is 0 Å². The third kappa shape index (κ3) is 2.16. The molecule has 1 aliphatic carbocycles. The summed E-state index contributed by atoms with van der Waals surface area (Å²) in [6.07, 6.45) is 3.45. The molecule has 1 spiro atoms. The molecule has 2 fully saturated rings. The van der Waals surface area contributed by atoms with Gasteiger partial charge in [0.25, 0.3) is 0 Å². The van der Waals surface area contributed by atoms with Gasteiger partial charge < -0.3 is 5.11 Å². The minimum Gasteiger partial charge on any atom is -0.480 e. The summed E-state index contributed by atoms with van der Waals surface area (Å²) in [5.74, 6) is 1.50. The van der Waals surface area contributed by atoms with Crippen molar-refractivity contribution >= 4 is 17.7 Å². The Morgan fingerprint density at radius 2 is 2.20 bits per heavy atom. The van der Waals surface area contributed by atoms with Crippen LogP contribution in [0.5, 0.6) is 0 Å². The third-order valence-electron chi connectivity index (χ3n) is 3.89. The Kier molecular flexibility index (Phi) is 2.99. The zero-order valence-electron chi connectivity index (χ0n) is 9.32. The van der Waals surface area contributed by atoms with Gasteiger partial charge in [0.2, 0.25) is 0 Å². The summed E-state index contributed by atoms with van der Waals surface area (Å²) >= 11 is 1.82. The molecule has 3 nitrogen and oxygen atoms in total. The molecule has 2 N–H and O–H groups in total. The highest BCUT2D eigenvalue weighted by Crippen LogP contribution is 2.46. The number of hydrogen-bond acceptors (Lipinski definition) is 3. The Hall–Kier alpha value is -0.220. The van der Waals surface area contributed by atoms with Crippen LogP contribution in [0.25, 0.3) is 0 Å². The smallest absolute Gasteiger partial charge is 0.321 e. The predicted octanol–water partition coefficient (Wildman–Crippen LogP) is 1.93. The van der Waals surface area contributed by atoms with Gasteiger partial charge in [0.1, 0.15) is 6.04 Å². The Morgan fingerprint density at radius 3 is 2.73 bits per heavy atom. The fraction of sp³-hybridized carbons (Fsp3) is 0.909. The van der Waals surface area contributed by atoms with Crippen molar-refractivity contribution in [3.63, 3.8) is 0 Å². The number of aliphatic carboxylic acids is 1. The van der Waals surface area contributed by atoms with Gasteiger partial charge in [0, 0.05) is 5.75 Å². The summed E-state index contributed by atoms with van der Waals surface area (Å²) in [6.45, 7) is 4.58. The van der Waals surface area contributed by atoms with E-state index >= 15 is 0 Å². The summed E-state index contributed by atoms with van der Waals surface area (Å²) in [6, 6.07) is -0.337. The molecule has 0 aromatic carbocycles. The van der Waals surface area contributed by atoms with Crippen molar-refractivity contribution in [2.24, 2.45) is 11.8 Å². The Morgan fingerprint density at radius 1 is 1.47 bits per heavy atom. The van der Waals surface area contributed by atoms with Crippen LogP contribution in [-0.4, -0.2) is 27.7 Å². The van der Waals surface area contributed by atoms with Crippen molar-refractivity contribution in [3.8, 4) is 0 Å². The van der Waals surface area contributed by atoms with E-state index in [0.29, 0.717) is 5.92 Å². The van der Waals surface area contributed by atoms with Crippen LogP contribution >= 0.6 is 11.8 Å². The lowest BCUT2D eigenvalue weighted by Gasteiger charge is -2.40. The molecule has 15 heavy (non-hydrogen) atoms. The van der Waals surface area contributed by atoms with E-state index in [1.165, 1.54) is 6.42 Å². The summed E-state index contributed by atoms with van der Waals surface area (Å²) in [5, 5.41) is 12.3. The quantitative estimate of drug-likeness (QED) is 0.721. The van der Waals surface area contributed by atoms with Gasteiger partial charge in [0.15, 0.2) is 0 Å². The second-order valence-electron chi connectivity index (χ2n) is 5.04. The predicted molar refractivity (Wildman–Crippen MR) is 61.9 cm³/mol. The Balaban J connectivity index is 2.01. The maximum atomic E-state index is 10.9. The maximum absolute atomic E-state index is 10.9. The zero-order chi connectivity index (χ0) is 11.1. The van der Waals surface area contributed by atoms with Crippen molar-refractivity contribution in [2.75, 3.05) is 5.75 Å². The van der Waals surface area contributed by atoms with Gasteiger partial charge in [-0.05, 0) is 31.1 Å². The minimum atomic E-state index is -0.703. The van der Waals surface area contributed by atoms with Crippen LogP contribution in [-0.2, 0) is 4.79 Å². The molecule has 1 saturated carbocycles. The molecule has 0 amide bonds. The number of carbonyl (C=O) groups is 1. The van der Waals surface area contributed by atoms with E-state index in [2.05, 4.69) is 19.2 Å². The van der Waals surface area contributed by atoms with Gasteiger partial charge in [-0.15, -0.1) is 11.8 Å². The van der Waals surface area contributed by atoms with Crippen LogP contribution in [0.15, 0.2) is 0 Å². The first-order valence-electron chi connectivity index (χ1n) is 5.67. The van der Waals surface area contributed by atoms with Gasteiger partial charge in [-0.25, -0.2) is 0 Å². The van der Waals surface area contributed by atoms with E-state index in [4.69, 9.17) is 5.11 Å². The fourth-order valence-electron chi connectivity index (χ4n) is 2.61. The molecule has 1 aliphatic heterocycles. The molecule has 2 rings (SSSR count). The van der Waals surface area contributed by atoms with Crippen molar-refractivity contribution < 1.29 is 9.90 Å². The van der Waals surface area contributed by atoms with Crippen LogP contribution in [0.1, 0.15) is 33.1 Å². The van der Waals surface area contributed by atoms with Crippen molar-refractivity contribution in [1.29, 1.82) is 0 Å². The molecule has 1 saturated heterocycles. The highest BCUT2D eigenvalue weighted by molar-refractivity contribution is 8.00. The molecule has 0 aromatic rings. The van der Waals surface area contributed by atoms with Crippen molar-refractivity contribution in [2.45, 2.75) is 44.0 Å². The van der Waals surface area contributed by atoms with Crippen LogP contribution in [0.2, 0.25) is 0 Å². The Labute approximate surface area is 95.0 Å². The molecular weight excluding hydrogens is 210 g/mol. The number of rotatable bonds is 1. The van der Waals surface area contributed by atoms with Crippen molar-refractivity contribution in [3.05, 3.63) is 0 Å². The second kappa shape index (κ2) is 3.98. The molecule has 1 heterocycles. The van der Waals surface area contributed by atoms with Gasteiger partial charge in [-0.1, -0.05) is 13.8 Å². The molecule has 3 unspecified atom stereocenters. The Bertz CT molecular complexity index is 271. The number of hydrogen-bond donors (Lipinski definition) is 2. The molecule has 86 valence electrons. The first-order valence-corrected chi connectivity index (χ1v) is 6.65. The number of carboxylic acid groups (broad SMARTS) is 1. The molecular formula is C11H19NO2S. The lowest BCUT2D eigenvalue weighted by Crippen LogP contribution is -2.48. The highest BCUT2D eigenvalue weighted by Gasteiger charge is 2.45. The average Bonchev–Trinajstić information content (AvgIpc) is 2.57. The average molecular weight is 229 g/mol. The zero-order valence-corrected chi connectivity index (χ0v) is 10.1. The van der Waals surface area contributed by atoms with E-state index in [9.17, 15) is 4.79 Å². The molecule has 4 heteroatoms. The van der Waals surface area contributed by atoms with E-state index in [-0.39, 0.29) is 10.9 Å². The van der Waals surface area contributed by atoms with E-state index in [1.807, 2.05) is 11.8 Å². The first kappa shape index (κ1) is 11.3. The molecule has 4 atom stereocenters. The molecule has 0 bridgehead atoms. The summed E-state index contributed by atoms with van der Waals surface area (Å²) < 4.78 is 0. The lowest BCUT2D eigenvalue weighted by molar-refractivity contribution is -0.139. The lowest BCUT2D eigenvalue weighted by atomic mass is 9.78. The highest BCUT2D eigenvalue weighted by atomic mass is 32.2. The van der Waals surface area contributed by atoms with Gasteiger partial charge in [-0.2, -0.15) is 0 Å². The molecule has 2 aliphatic rings. The summed E-state index contributed by atoms with van der Waals surface area (Å²) in [4.78, 5) is 11.0. The van der Waals surface area contributed by atoms with Crippen LogP contribution in [0.3, 0.4) is 0 Å². The number of carboxylic acids is 1. The topological polar surface area (TPSA) is 49.3 Å². The van der Waals surface area contributed by atoms with Gasteiger partial charge in [0.05, 0.1) is 4.87 Å². The van der Waals surface area contributed by atoms with E-state index < -0.39 is 5.97 Å². The van der Waals surface area contributed by atoms with Gasteiger partial charge in [-0.3, -0.25) is 10.1 Å². The maximum Gasteiger partial charge on any atom is 0.321 e. The second-order valence-corrected chi connectivity index (χ2v) is 6.44. The molecule has 0 aromatic heterocycles. The van der Waals surface area contributed by atoms with Crippen molar-refractivity contribution in [1.82, 2.24) is 5.32 Å².